The summed E-state index contributed by atoms with van der Waals surface area (Å²) in [5, 5.41) is 0. The van der Waals surface area contributed by atoms with Gasteiger partial charge in [-0.05, 0) is 24.3 Å². The highest BCUT2D eigenvalue weighted by Crippen LogP contribution is 2.20. The van der Waals surface area contributed by atoms with Crippen molar-refractivity contribution in [3.05, 3.63) is 24.3 Å². The second-order valence-corrected chi connectivity index (χ2v) is 5.30. The summed E-state index contributed by atoms with van der Waals surface area (Å²) < 4.78 is 14.6. The van der Waals surface area contributed by atoms with E-state index in [0.717, 1.165) is 30.3 Å². The van der Waals surface area contributed by atoms with E-state index in [1.54, 1.807) is 7.11 Å². The second-order valence-electron chi connectivity index (χ2n) is 3.56. The molecule has 2 rings (SSSR count). The third-order valence-electron chi connectivity index (χ3n) is 2.63. The summed E-state index contributed by atoms with van der Waals surface area (Å²) in [5.41, 5.74) is 1.22. The summed E-state index contributed by atoms with van der Waals surface area (Å²) in [4.78, 5) is 2.30. The van der Waals surface area contributed by atoms with E-state index < -0.39 is 0 Å². The second kappa shape index (κ2) is 4.77. The number of ether oxygens (including phenoxy) is 1. The van der Waals surface area contributed by atoms with Gasteiger partial charge in [0.15, 0.2) is 11.5 Å². The smallest absolute Gasteiger partial charge is 0.158 e. The highest BCUT2D eigenvalue weighted by Gasteiger charge is 2.24. The largest absolute Gasteiger partial charge is 0.497 e. The van der Waals surface area contributed by atoms with E-state index >= 15 is 0 Å². The lowest BCUT2D eigenvalue weighted by atomic mass is 10.2. The van der Waals surface area contributed by atoms with Crippen LogP contribution in [0.1, 0.15) is 0 Å². The summed E-state index contributed by atoms with van der Waals surface area (Å²) in [6.07, 6.45) is 0. The van der Waals surface area contributed by atoms with Gasteiger partial charge in [0.1, 0.15) is 16.9 Å². The molecule has 1 aliphatic rings. The average Bonchev–Trinajstić information content (AvgIpc) is 2.30. The van der Waals surface area contributed by atoms with Gasteiger partial charge in [0.2, 0.25) is 0 Å². The number of rotatable bonds is 2. The molecule has 0 radical (unpaired) electrons. The quantitative estimate of drug-likeness (QED) is 0.778. The Morgan fingerprint density at radius 1 is 1.20 bits per heavy atom. The lowest BCUT2D eigenvalue weighted by molar-refractivity contribution is 0.415. The molecule has 1 aromatic carbocycles. The first kappa shape index (κ1) is 10.6. The van der Waals surface area contributed by atoms with Gasteiger partial charge in [-0.2, -0.15) is 4.55 Å². The highest BCUT2D eigenvalue weighted by atomic mass is 32.2. The van der Waals surface area contributed by atoms with Gasteiger partial charge in [-0.25, -0.2) is 0 Å². The first-order chi connectivity index (χ1) is 7.29. The fraction of sp³-hybridized carbons (Fsp3) is 0.455. The predicted octanol–water partition coefficient (Wildman–Crippen LogP) is 1.61. The van der Waals surface area contributed by atoms with E-state index in [1.807, 2.05) is 12.1 Å². The van der Waals surface area contributed by atoms with E-state index in [2.05, 4.69) is 17.0 Å². The van der Waals surface area contributed by atoms with Crippen molar-refractivity contribution in [3.8, 4) is 5.75 Å². The van der Waals surface area contributed by atoms with E-state index in [0.29, 0.717) is 0 Å². The Balaban J connectivity index is 2.03. The summed E-state index contributed by atoms with van der Waals surface area (Å²) in [5.74, 6) is 2.68. The molecule has 82 valence electrons. The van der Waals surface area contributed by atoms with Crippen molar-refractivity contribution in [3.63, 3.8) is 0 Å². The molecular weight excluding hydrogens is 210 g/mol. The normalized spacial score (nSPS) is 17.9. The fourth-order valence-electron chi connectivity index (χ4n) is 1.70. The van der Waals surface area contributed by atoms with Crippen LogP contribution in [0.25, 0.3) is 0 Å². The van der Waals surface area contributed by atoms with Crippen molar-refractivity contribution in [1.29, 1.82) is 0 Å². The van der Waals surface area contributed by atoms with Gasteiger partial charge in [0, 0.05) is 5.69 Å². The van der Waals surface area contributed by atoms with Crippen LogP contribution in [-0.4, -0.2) is 36.3 Å². The molecule has 15 heavy (non-hydrogen) atoms. The molecule has 1 aromatic rings. The van der Waals surface area contributed by atoms with Crippen LogP contribution in [-0.2, 0) is 11.2 Å². The minimum Gasteiger partial charge on any atom is -0.497 e. The van der Waals surface area contributed by atoms with Crippen LogP contribution in [0.15, 0.2) is 24.3 Å². The average molecular weight is 226 g/mol. The summed E-state index contributed by atoms with van der Waals surface area (Å²) >= 11 is -0.357. The van der Waals surface area contributed by atoms with Crippen molar-refractivity contribution >= 4 is 16.9 Å². The molecular formula is C11H16NO2S+. The van der Waals surface area contributed by atoms with Crippen LogP contribution in [0.3, 0.4) is 0 Å². The van der Waals surface area contributed by atoms with Gasteiger partial charge in [0.25, 0.3) is 0 Å². The van der Waals surface area contributed by atoms with Crippen molar-refractivity contribution < 1.29 is 9.29 Å². The van der Waals surface area contributed by atoms with Crippen molar-refractivity contribution in [2.75, 3.05) is 36.6 Å². The first-order valence-electron chi connectivity index (χ1n) is 5.05. The Morgan fingerprint density at radius 2 is 1.80 bits per heavy atom. The molecule has 3 nitrogen and oxygen atoms in total. The summed E-state index contributed by atoms with van der Waals surface area (Å²) in [6, 6.07) is 8.09. The predicted molar refractivity (Wildman–Crippen MR) is 64.9 cm³/mol. The van der Waals surface area contributed by atoms with Crippen LogP contribution in [0.4, 0.5) is 5.69 Å². The standard InChI is InChI=1S/C11H16NO2S/c1-14-11-4-2-10(3-5-11)12-6-8-15(13)9-7-12/h2-5,13H,6-9H2,1H3/q+1. The van der Waals surface area contributed by atoms with Gasteiger partial charge in [-0.3, -0.25) is 0 Å². The van der Waals surface area contributed by atoms with E-state index in [-0.39, 0.29) is 11.2 Å². The van der Waals surface area contributed by atoms with Gasteiger partial charge < -0.3 is 9.64 Å². The Hall–Kier alpha value is -0.870. The topological polar surface area (TPSA) is 32.7 Å². The van der Waals surface area contributed by atoms with Crippen LogP contribution in [0.2, 0.25) is 0 Å². The highest BCUT2D eigenvalue weighted by molar-refractivity contribution is 7.91. The number of anilines is 1. The molecule has 0 aromatic heterocycles. The lowest BCUT2D eigenvalue weighted by Crippen LogP contribution is -2.40. The number of methoxy groups -OCH3 is 1. The third-order valence-corrected chi connectivity index (χ3v) is 3.94. The minimum atomic E-state index is -0.357. The van der Waals surface area contributed by atoms with E-state index in [4.69, 9.17) is 4.74 Å². The fourth-order valence-corrected chi connectivity index (χ4v) is 2.76. The van der Waals surface area contributed by atoms with Crippen LogP contribution >= 0.6 is 0 Å². The zero-order chi connectivity index (χ0) is 10.7. The number of hydrogen-bond acceptors (Lipinski definition) is 3. The molecule has 0 aliphatic carbocycles. The molecule has 0 unspecified atom stereocenters. The number of nitrogens with zero attached hydrogens (tertiary/aromatic N) is 1. The summed E-state index contributed by atoms with van der Waals surface area (Å²) in [6.45, 7) is 1.90. The van der Waals surface area contributed by atoms with Crippen molar-refractivity contribution in [2.45, 2.75) is 0 Å². The number of benzene rings is 1. The Morgan fingerprint density at radius 3 is 2.33 bits per heavy atom. The van der Waals surface area contributed by atoms with E-state index in [1.165, 1.54) is 5.69 Å². The van der Waals surface area contributed by atoms with Gasteiger partial charge >= 0.3 is 0 Å². The Kier molecular flexibility index (Phi) is 3.38. The molecule has 0 atom stereocenters. The molecule has 0 saturated carbocycles. The van der Waals surface area contributed by atoms with Crippen molar-refractivity contribution in [2.24, 2.45) is 0 Å². The Bertz CT molecular complexity index is 307. The van der Waals surface area contributed by atoms with Crippen LogP contribution in [0.5, 0.6) is 5.75 Å². The van der Waals surface area contributed by atoms with Crippen molar-refractivity contribution in [1.82, 2.24) is 0 Å². The summed E-state index contributed by atoms with van der Waals surface area (Å²) in [7, 11) is 1.67. The maximum atomic E-state index is 9.44. The zero-order valence-corrected chi connectivity index (χ0v) is 9.67. The molecule has 1 aliphatic heterocycles. The van der Waals surface area contributed by atoms with Crippen LogP contribution in [0, 0.1) is 0 Å². The first-order valence-corrected chi connectivity index (χ1v) is 6.57. The maximum absolute atomic E-state index is 9.44. The van der Waals surface area contributed by atoms with E-state index in [9.17, 15) is 4.55 Å². The third kappa shape index (κ3) is 2.58. The number of hydrogen-bond donors (Lipinski definition) is 1. The zero-order valence-electron chi connectivity index (χ0n) is 8.85. The molecule has 1 fully saturated rings. The lowest BCUT2D eigenvalue weighted by Gasteiger charge is -2.26. The molecule has 4 heteroatoms. The Labute approximate surface area is 93.2 Å². The molecule has 0 bridgehead atoms. The van der Waals surface area contributed by atoms with Gasteiger partial charge in [-0.15, -0.1) is 0 Å². The molecule has 0 amide bonds. The monoisotopic (exact) mass is 226 g/mol. The molecule has 1 heterocycles. The van der Waals surface area contributed by atoms with Gasteiger partial charge in [0.05, 0.1) is 20.2 Å². The molecule has 1 N–H and O–H groups in total. The van der Waals surface area contributed by atoms with Gasteiger partial charge in [-0.1, -0.05) is 0 Å². The van der Waals surface area contributed by atoms with Crippen LogP contribution < -0.4 is 9.64 Å². The minimum absolute atomic E-state index is 0.357. The molecule has 0 spiro atoms. The maximum Gasteiger partial charge on any atom is 0.158 e. The molecule has 1 saturated heterocycles. The SMILES string of the molecule is COc1ccc(N2CC[S+](O)CC2)cc1.